The maximum atomic E-state index is 14.1. The van der Waals surface area contributed by atoms with Gasteiger partial charge in [-0.25, -0.2) is 9.97 Å². The van der Waals surface area contributed by atoms with Crippen molar-refractivity contribution >= 4 is 27.8 Å². The quantitative estimate of drug-likeness (QED) is 0.219. The van der Waals surface area contributed by atoms with Gasteiger partial charge in [-0.05, 0) is 83.8 Å². The summed E-state index contributed by atoms with van der Waals surface area (Å²) in [4.78, 5) is 26.7. The lowest BCUT2D eigenvalue weighted by Gasteiger charge is -2.49. The van der Waals surface area contributed by atoms with Gasteiger partial charge in [-0.2, -0.15) is 26.3 Å². The van der Waals surface area contributed by atoms with Crippen LogP contribution in [0, 0.1) is 5.92 Å². The zero-order chi connectivity index (χ0) is 33.1. The monoisotopic (exact) mass is 710 g/mol. The molecule has 46 heavy (non-hydrogen) atoms. The van der Waals surface area contributed by atoms with Gasteiger partial charge in [-0.1, -0.05) is 56.5 Å². The van der Waals surface area contributed by atoms with Gasteiger partial charge in [0, 0.05) is 43.0 Å². The van der Waals surface area contributed by atoms with Crippen molar-refractivity contribution in [1.29, 1.82) is 0 Å². The minimum Gasteiger partial charge on any atom is -0.336 e. The van der Waals surface area contributed by atoms with E-state index in [9.17, 15) is 31.1 Å². The van der Waals surface area contributed by atoms with E-state index in [1.807, 2.05) is 42.2 Å². The topological polar surface area (TPSA) is 49.3 Å². The summed E-state index contributed by atoms with van der Waals surface area (Å²) in [5.74, 6) is 0.291. The summed E-state index contributed by atoms with van der Waals surface area (Å²) in [7, 11) is 0. The lowest BCUT2D eigenvalue weighted by molar-refractivity contribution is -0.145. The summed E-state index contributed by atoms with van der Waals surface area (Å²) in [6.45, 7) is 1.74. The summed E-state index contributed by atoms with van der Waals surface area (Å²) in [5, 5.41) is 0. The number of carbonyl (C=O) groups excluding carboxylic acids is 1. The second-order valence-electron chi connectivity index (χ2n) is 12.4. The van der Waals surface area contributed by atoms with Crippen LogP contribution in [-0.4, -0.2) is 38.9 Å². The largest absolute Gasteiger partial charge is 0.416 e. The Morgan fingerprint density at radius 3 is 2.02 bits per heavy atom. The van der Waals surface area contributed by atoms with E-state index < -0.39 is 23.5 Å². The van der Waals surface area contributed by atoms with Gasteiger partial charge in [0.2, 0.25) is 11.9 Å². The van der Waals surface area contributed by atoms with Crippen LogP contribution < -0.4 is 4.90 Å². The van der Waals surface area contributed by atoms with Gasteiger partial charge >= 0.3 is 12.4 Å². The molecule has 2 heterocycles. The van der Waals surface area contributed by atoms with Crippen LogP contribution in [0.25, 0.3) is 0 Å². The maximum Gasteiger partial charge on any atom is 0.416 e. The molecule has 2 aromatic carbocycles. The summed E-state index contributed by atoms with van der Waals surface area (Å²) < 4.78 is 83.2. The van der Waals surface area contributed by atoms with E-state index in [2.05, 4.69) is 25.9 Å². The van der Waals surface area contributed by atoms with Crippen molar-refractivity contribution in [1.82, 2.24) is 14.9 Å². The van der Waals surface area contributed by atoms with Gasteiger partial charge < -0.3 is 9.80 Å². The smallest absolute Gasteiger partial charge is 0.336 e. The highest BCUT2D eigenvalue weighted by Gasteiger charge is 2.43. The molecule has 0 radical (unpaired) electrons. The summed E-state index contributed by atoms with van der Waals surface area (Å²) in [5.41, 5.74) is -1.84. The number of alkyl halides is 6. The fraction of sp³-hybridized carbons (Fsp3) is 0.500. The predicted octanol–water partition coefficient (Wildman–Crippen LogP) is 9.24. The molecule has 5 rings (SSSR count). The number of anilines is 1. The maximum absolute atomic E-state index is 14.1. The van der Waals surface area contributed by atoms with E-state index in [0.717, 1.165) is 49.8 Å². The Hall–Kier alpha value is -3.15. The fourth-order valence-electron chi connectivity index (χ4n) is 6.98. The molecular formula is C34H37BrF6N4O. The molecule has 0 spiro atoms. The van der Waals surface area contributed by atoms with Gasteiger partial charge in [0.1, 0.15) is 0 Å². The molecule has 0 bridgehead atoms. The SMILES string of the molecule is CC[C@@H]1C[C@H](N(Cc2cc(C(F)(F)F)cc(C(F)(F)F)c2)c2ncc(Br)cn2)C[C@H](Cc2ccccc2)N1C(=O)C1CCCCC1. The molecule has 2 aliphatic rings. The van der Waals surface area contributed by atoms with Gasteiger partial charge in [0.25, 0.3) is 0 Å². The first-order valence-corrected chi connectivity index (χ1v) is 16.5. The van der Waals surface area contributed by atoms with Crippen LogP contribution in [0.4, 0.5) is 32.3 Å². The van der Waals surface area contributed by atoms with E-state index in [4.69, 9.17) is 0 Å². The normalized spacial score (nSPS) is 21.3. The third kappa shape index (κ3) is 8.22. The van der Waals surface area contributed by atoms with Crippen molar-refractivity contribution < 1.29 is 31.1 Å². The molecule has 12 heteroatoms. The molecule has 1 aliphatic heterocycles. The number of nitrogens with zero attached hydrogens (tertiary/aromatic N) is 4. The van der Waals surface area contributed by atoms with Crippen molar-refractivity contribution in [3.63, 3.8) is 0 Å². The molecule has 1 saturated carbocycles. The number of aromatic nitrogens is 2. The molecule has 0 unspecified atom stereocenters. The van der Waals surface area contributed by atoms with Crippen LogP contribution in [0.2, 0.25) is 0 Å². The van der Waals surface area contributed by atoms with E-state index in [-0.39, 0.29) is 54.1 Å². The third-order valence-electron chi connectivity index (χ3n) is 9.17. The van der Waals surface area contributed by atoms with Crippen LogP contribution in [0.5, 0.6) is 0 Å². The predicted molar refractivity (Wildman–Crippen MR) is 167 cm³/mol. The lowest BCUT2D eigenvalue weighted by atomic mass is 9.82. The Balaban J connectivity index is 1.55. The molecular weight excluding hydrogens is 674 g/mol. The number of benzene rings is 2. The Morgan fingerprint density at radius 1 is 0.870 bits per heavy atom. The first-order valence-electron chi connectivity index (χ1n) is 15.7. The van der Waals surface area contributed by atoms with Crippen molar-refractivity contribution in [2.45, 2.75) is 102 Å². The van der Waals surface area contributed by atoms with Crippen LogP contribution in [0.15, 0.2) is 65.4 Å². The van der Waals surface area contributed by atoms with Crippen LogP contribution in [-0.2, 0) is 30.1 Å². The van der Waals surface area contributed by atoms with Crippen molar-refractivity contribution in [3.05, 3.63) is 87.7 Å². The first-order chi connectivity index (χ1) is 21.8. The Kier molecular flexibility index (Phi) is 10.6. The average Bonchev–Trinajstić information content (AvgIpc) is 3.03. The molecule has 3 aromatic rings. The second kappa shape index (κ2) is 14.3. The molecule has 3 atom stereocenters. The van der Waals surface area contributed by atoms with E-state index >= 15 is 0 Å². The molecule has 2 fully saturated rings. The fourth-order valence-corrected chi connectivity index (χ4v) is 7.18. The minimum absolute atomic E-state index is 0.0468. The average molecular weight is 712 g/mol. The number of piperidine rings is 1. The minimum atomic E-state index is -4.96. The van der Waals surface area contributed by atoms with E-state index in [1.165, 1.54) is 12.4 Å². The molecule has 1 amide bonds. The Bertz CT molecular complexity index is 1430. The number of rotatable bonds is 8. The van der Waals surface area contributed by atoms with Crippen molar-refractivity contribution in [2.24, 2.45) is 5.92 Å². The van der Waals surface area contributed by atoms with Crippen molar-refractivity contribution in [3.8, 4) is 0 Å². The Morgan fingerprint density at radius 2 is 1.46 bits per heavy atom. The number of hydrogen-bond donors (Lipinski definition) is 0. The van der Waals surface area contributed by atoms with Gasteiger partial charge in [-0.15, -0.1) is 0 Å². The highest BCUT2D eigenvalue weighted by Crippen LogP contribution is 2.39. The van der Waals surface area contributed by atoms with Crippen LogP contribution in [0.3, 0.4) is 0 Å². The van der Waals surface area contributed by atoms with Crippen molar-refractivity contribution in [2.75, 3.05) is 4.90 Å². The zero-order valence-corrected chi connectivity index (χ0v) is 27.1. The second-order valence-corrected chi connectivity index (χ2v) is 13.3. The number of likely N-dealkylation sites (tertiary alicyclic amines) is 1. The summed E-state index contributed by atoms with van der Waals surface area (Å²) >= 11 is 3.31. The number of halogens is 7. The molecule has 0 N–H and O–H groups in total. The lowest BCUT2D eigenvalue weighted by Crippen LogP contribution is -2.59. The number of hydrogen-bond acceptors (Lipinski definition) is 4. The Labute approximate surface area is 273 Å². The molecule has 1 saturated heterocycles. The van der Waals surface area contributed by atoms with Gasteiger partial charge in [0.05, 0.1) is 15.6 Å². The van der Waals surface area contributed by atoms with Gasteiger partial charge in [0.15, 0.2) is 0 Å². The highest BCUT2D eigenvalue weighted by molar-refractivity contribution is 9.10. The molecule has 248 valence electrons. The summed E-state index contributed by atoms with van der Waals surface area (Å²) in [6.07, 6.45) is 0.0705. The molecule has 1 aromatic heterocycles. The van der Waals surface area contributed by atoms with E-state index in [0.29, 0.717) is 30.2 Å². The molecule has 1 aliphatic carbocycles. The zero-order valence-electron chi connectivity index (χ0n) is 25.5. The van der Waals surface area contributed by atoms with Gasteiger partial charge in [-0.3, -0.25) is 4.79 Å². The van der Waals surface area contributed by atoms with Crippen LogP contribution >= 0.6 is 15.9 Å². The number of carbonyl (C=O) groups is 1. The van der Waals surface area contributed by atoms with E-state index in [1.54, 1.807) is 4.90 Å². The highest BCUT2D eigenvalue weighted by atomic mass is 79.9. The number of amides is 1. The van der Waals surface area contributed by atoms with Crippen LogP contribution in [0.1, 0.15) is 80.5 Å². The standard InChI is InChI=1S/C34H37BrF6N4O/c1-2-28-17-29(18-30(15-22-9-5-3-6-10-22)45(28)31(46)24-11-7-4-8-12-24)44(32-42-19-27(35)20-43-32)21-23-13-25(33(36,37)38)16-26(14-23)34(39,40)41/h3,5-6,9-10,13-14,16,19-20,24,28-30H,2,4,7-8,11-12,15,17-18,21H2,1H3/t28-,29+,30+/m1/s1. The molecule has 5 nitrogen and oxygen atoms in total. The first kappa shape index (κ1) is 34.2. The third-order valence-corrected chi connectivity index (χ3v) is 9.58. The summed E-state index contributed by atoms with van der Waals surface area (Å²) in [6, 6.07) is 10.7.